The monoisotopic (exact) mass is 391 g/mol. The third-order valence-corrected chi connectivity index (χ3v) is 3.91. The Hall–Kier alpha value is -2.90. The summed E-state index contributed by atoms with van der Waals surface area (Å²) in [5.74, 6) is 0.739. The third kappa shape index (κ3) is 6.07. The molecule has 0 fully saturated rings. The number of hydrogen-bond donors (Lipinski definition) is 2. The lowest BCUT2D eigenvalue weighted by Crippen LogP contribution is -2.40. The van der Waals surface area contributed by atoms with E-state index in [2.05, 4.69) is 10.3 Å². The van der Waals surface area contributed by atoms with Crippen molar-refractivity contribution >= 4 is 23.1 Å². The third-order valence-electron chi connectivity index (χ3n) is 3.91. The van der Waals surface area contributed by atoms with Crippen LogP contribution >= 0.6 is 0 Å². The second-order valence-electron chi connectivity index (χ2n) is 7.27. The molecule has 0 saturated carbocycles. The summed E-state index contributed by atoms with van der Waals surface area (Å²) in [5.41, 5.74) is 1.30. The number of aromatic amines is 1. The number of H-pyrrole nitrogens is 1. The van der Waals surface area contributed by atoms with Crippen LogP contribution in [0.5, 0.6) is 5.75 Å². The molecule has 0 atom stereocenters. The van der Waals surface area contributed by atoms with Crippen LogP contribution in [-0.2, 0) is 16.0 Å². The Kier molecular flexibility index (Phi) is 7.14. The second-order valence-corrected chi connectivity index (χ2v) is 7.27. The first-order chi connectivity index (χ1) is 13.2. The van der Waals surface area contributed by atoms with Gasteiger partial charge in [-0.1, -0.05) is 0 Å². The smallest absolute Gasteiger partial charge is 0.410 e. The molecule has 1 heterocycles. The molecule has 154 valence electrons. The molecule has 28 heavy (non-hydrogen) atoms. The van der Waals surface area contributed by atoms with Gasteiger partial charge in [0.05, 0.1) is 20.3 Å². The van der Waals surface area contributed by atoms with Crippen molar-refractivity contribution in [3.8, 4) is 5.75 Å². The fourth-order valence-electron chi connectivity index (χ4n) is 2.68. The van der Waals surface area contributed by atoms with Crippen molar-refractivity contribution in [3.05, 3.63) is 30.0 Å². The van der Waals surface area contributed by atoms with Gasteiger partial charge in [0.2, 0.25) is 0 Å². The number of carbonyl (C=O) groups excluding carboxylic acids is 2. The van der Waals surface area contributed by atoms with E-state index in [-0.39, 0.29) is 19.7 Å². The molecule has 0 unspecified atom stereocenters. The Morgan fingerprint density at radius 3 is 2.64 bits per heavy atom. The van der Waals surface area contributed by atoms with E-state index in [0.29, 0.717) is 6.54 Å². The molecule has 8 nitrogen and oxygen atoms in total. The van der Waals surface area contributed by atoms with E-state index >= 15 is 0 Å². The van der Waals surface area contributed by atoms with Gasteiger partial charge in [-0.05, 0) is 51.5 Å². The first kappa shape index (κ1) is 21.4. The molecule has 2 amide bonds. The standard InChI is InChI=1S/C20H29N3O5/c1-6-27-19(25)23(10-9-21-18(24)28-20(2,3)4)13-14-12-22-17-8-7-15(26-5)11-16(14)17/h7-8,11-12,22H,6,9-10,13H2,1-5H3,(H,21,24). The van der Waals surface area contributed by atoms with Gasteiger partial charge in [0.1, 0.15) is 11.4 Å². The van der Waals surface area contributed by atoms with Crippen molar-refractivity contribution in [1.82, 2.24) is 15.2 Å². The summed E-state index contributed by atoms with van der Waals surface area (Å²) in [7, 11) is 1.61. The summed E-state index contributed by atoms with van der Waals surface area (Å²) in [4.78, 5) is 28.9. The minimum Gasteiger partial charge on any atom is -0.497 e. The summed E-state index contributed by atoms with van der Waals surface area (Å²) in [6.07, 6.45) is 0.899. The summed E-state index contributed by atoms with van der Waals surface area (Å²) in [6.45, 7) is 8.28. The zero-order chi connectivity index (χ0) is 20.7. The van der Waals surface area contributed by atoms with E-state index < -0.39 is 17.8 Å². The highest BCUT2D eigenvalue weighted by molar-refractivity contribution is 5.85. The molecule has 1 aromatic heterocycles. The molecular formula is C20H29N3O5. The Labute approximate surface area is 165 Å². The van der Waals surface area contributed by atoms with Crippen molar-refractivity contribution < 1.29 is 23.8 Å². The van der Waals surface area contributed by atoms with Crippen LogP contribution in [0.2, 0.25) is 0 Å². The van der Waals surface area contributed by atoms with Crippen LogP contribution in [0.1, 0.15) is 33.3 Å². The van der Waals surface area contributed by atoms with Crippen LogP contribution in [0.25, 0.3) is 10.9 Å². The maximum atomic E-state index is 12.4. The molecule has 0 aliphatic rings. The predicted octanol–water partition coefficient (Wildman–Crippen LogP) is 3.66. The SMILES string of the molecule is CCOC(=O)N(CCNC(=O)OC(C)(C)C)Cc1c[nH]c2ccc(OC)cc12. The topological polar surface area (TPSA) is 92.9 Å². The van der Waals surface area contributed by atoms with Gasteiger partial charge in [0, 0.05) is 30.2 Å². The van der Waals surface area contributed by atoms with E-state index in [1.807, 2.05) is 24.4 Å². The number of amides is 2. The van der Waals surface area contributed by atoms with Crippen LogP contribution in [0.4, 0.5) is 9.59 Å². The molecule has 0 radical (unpaired) electrons. The Morgan fingerprint density at radius 1 is 1.25 bits per heavy atom. The maximum absolute atomic E-state index is 12.4. The van der Waals surface area contributed by atoms with Gasteiger partial charge in [0.15, 0.2) is 0 Å². The molecule has 0 spiro atoms. The molecule has 0 aliphatic carbocycles. The summed E-state index contributed by atoms with van der Waals surface area (Å²) in [5, 5.41) is 3.63. The van der Waals surface area contributed by atoms with E-state index in [9.17, 15) is 9.59 Å². The van der Waals surface area contributed by atoms with Gasteiger partial charge in [-0.3, -0.25) is 0 Å². The van der Waals surface area contributed by atoms with Gasteiger partial charge in [-0.25, -0.2) is 9.59 Å². The van der Waals surface area contributed by atoms with Gasteiger partial charge in [-0.2, -0.15) is 0 Å². The van der Waals surface area contributed by atoms with E-state index in [4.69, 9.17) is 14.2 Å². The van der Waals surface area contributed by atoms with Crippen LogP contribution in [0.3, 0.4) is 0 Å². The zero-order valence-electron chi connectivity index (χ0n) is 17.1. The minimum absolute atomic E-state index is 0.249. The fraction of sp³-hybridized carbons (Fsp3) is 0.500. The summed E-state index contributed by atoms with van der Waals surface area (Å²) < 4.78 is 15.7. The van der Waals surface area contributed by atoms with Crippen LogP contribution in [0, 0.1) is 0 Å². The quantitative estimate of drug-likeness (QED) is 0.751. The molecule has 2 rings (SSSR count). The number of alkyl carbamates (subject to hydrolysis) is 1. The highest BCUT2D eigenvalue weighted by Crippen LogP contribution is 2.24. The van der Waals surface area contributed by atoms with Crippen molar-refractivity contribution in [2.24, 2.45) is 0 Å². The number of aromatic nitrogens is 1. The van der Waals surface area contributed by atoms with Crippen molar-refractivity contribution in [3.63, 3.8) is 0 Å². The van der Waals surface area contributed by atoms with Crippen LogP contribution in [0.15, 0.2) is 24.4 Å². The minimum atomic E-state index is -0.575. The Bertz CT molecular complexity index is 810. The average molecular weight is 391 g/mol. The molecule has 8 heteroatoms. The summed E-state index contributed by atoms with van der Waals surface area (Å²) >= 11 is 0. The van der Waals surface area contributed by atoms with E-state index in [0.717, 1.165) is 22.2 Å². The van der Waals surface area contributed by atoms with Crippen molar-refractivity contribution in [1.29, 1.82) is 0 Å². The van der Waals surface area contributed by atoms with E-state index in [1.54, 1.807) is 39.7 Å². The fourth-order valence-corrected chi connectivity index (χ4v) is 2.68. The molecule has 0 bridgehead atoms. The number of fused-ring (bicyclic) bond motifs is 1. The highest BCUT2D eigenvalue weighted by atomic mass is 16.6. The Morgan fingerprint density at radius 2 is 2.00 bits per heavy atom. The Balaban J connectivity index is 2.07. The molecule has 0 aliphatic heterocycles. The lowest BCUT2D eigenvalue weighted by atomic mass is 10.1. The highest BCUT2D eigenvalue weighted by Gasteiger charge is 2.19. The summed E-state index contributed by atoms with van der Waals surface area (Å²) in [6, 6.07) is 5.72. The zero-order valence-corrected chi connectivity index (χ0v) is 17.1. The van der Waals surface area contributed by atoms with Crippen molar-refractivity contribution in [2.75, 3.05) is 26.8 Å². The molecule has 2 N–H and O–H groups in total. The number of nitrogens with one attached hydrogen (secondary N) is 2. The number of carbonyl (C=O) groups is 2. The van der Waals surface area contributed by atoms with Gasteiger partial charge < -0.3 is 29.4 Å². The van der Waals surface area contributed by atoms with Gasteiger partial charge in [-0.15, -0.1) is 0 Å². The first-order valence-corrected chi connectivity index (χ1v) is 9.26. The average Bonchev–Trinajstić information content (AvgIpc) is 3.01. The van der Waals surface area contributed by atoms with Crippen LogP contribution < -0.4 is 10.1 Å². The number of nitrogens with zero attached hydrogens (tertiary/aromatic N) is 1. The molecule has 2 aromatic rings. The van der Waals surface area contributed by atoms with Gasteiger partial charge in [0.25, 0.3) is 0 Å². The number of rotatable bonds is 7. The molecule has 1 aromatic carbocycles. The largest absolute Gasteiger partial charge is 0.497 e. The lowest BCUT2D eigenvalue weighted by molar-refractivity contribution is 0.0516. The number of methoxy groups -OCH3 is 1. The second kappa shape index (κ2) is 9.34. The number of benzene rings is 1. The normalized spacial score (nSPS) is 11.2. The number of ether oxygens (including phenoxy) is 3. The molecular weight excluding hydrogens is 362 g/mol. The maximum Gasteiger partial charge on any atom is 0.410 e. The van der Waals surface area contributed by atoms with Gasteiger partial charge >= 0.3 is 12.2 Å². The molecule has 0 saturated heterocycles. The first-order valence-electron chi connectivity index (χ1n) is 9.26. The predicted molar refractivity (Wildman–Crippen MR) is 107 cm³/mol. The van der Waals surface area contributed by atoms with Crippen LogP contribution in [-0.4, -0.2) is 54.5 Å². The number of hydrogen-bond acceptors (Lipinski definition) is 5. The lowest BCUT2D eigenvalue weighted by Gasteiger charge is -2.23. The van der Waals surface area contributed by atoms with E-state index in [1.165, 1.54) is 0 Å². The van der Waals surface area contributed by atoms with Crippen molar-refractivity contribution in [2.45, 2.75) is 39.8 Å².